The van der Waals surface area contributed by atoms with Gasteiger partial charge in [0.25, 0.3) is 0 Å². The second-order valence-corrected chi connectivity index (χ2v) is 8.64. The zero-order chi connectivity index (χ0) is 14.3. The van der Waals surface area contributed by atoms with Crippen LogP contribution in [-0.2, 0) is 21.4 Å². The first-order chi connectivity index (χ1) is 9.50. The van der Waals surface area contributed by atoms with Crippen molar-refractivity contribution in [3.8, 4) is 0 Å². The monoisotopic (exact) mass is 375 g/mol. The van der Waals surface area contributed by atoms with Gasteiger partial charge in [0.05, 0.1) is 11.4 Å². The van der Waals surface area contributed by atoms with Crippen molar-refractivity contribution < 1.29 is 8.42 Å². The summed E-state index contributed by atoms with van der Waals surface area (Å²) in [5, 5.41) is 0. The Morgan fingerprint density at radius 3 is 2.95 bits per heavy atom. The fraction of sp³-hybridized carbons (Fsp3) is 0.500. The van der Waals surface area contributed by atoms with Crippen LogP contribution < -0.4 is 0 Å². The van der Waals surface area contributed by atoms with E-state index in [0.29, 0.717) is 30.4 Å². The van der Waals surface area contributed by atoms with E-state index in [9.17, 15) is 8.42 Å². The Morgan fingerprint density at radius 2 is 2.20 bits per heavy atom. The zero-order valence-electron chi connectivity index (χ0n) is 10.9. The fourth-order valence-corrected chi connectivity index (χ4v) is 5.38. The van der Waals surface area contributed by atoms with Crippen molar-refractivity contribution >= 4 is 48.7 Å². The van der Waals surface area contributed by atoms with Crippen LogP contribution in [0.3, 0.4) is 0 Å². The standard InChI is InChI=1S/C12H14BrN3O2S2/c1-8-5-6-16(7-9(8)13)20(17,18)11-4-2-3-10-12(11)15-19-14-10/h2-4,8-9H,5-7H2,1H3. The number of piperidine rings is 1. The number of alkyl halides is 1. The van der Waals surface area contributed by atoms with Crippen LogP contribution in [0.15, 0.2) is 31.8 Å². The molecule has 0 amide bonds. The van der Waals surface area contributed by atoms with E-state index >= 15 is 0 Å². The SMILES string of the molecule is CC1CCN(S(=O)(=O)c2cccc3c2N=S=N3)CC1Br. The Hall–Kier alpha value is -0.570. The van der Waals surface area contributed by atoms with E-state index in [1.165, 1.54) is 0 Å². The van der Waals surface area contributed by atoms with Gasteiger partial charge in [0.2, 0.25) is 10.0 Å². The van der Waals surface area contributed by atoms with Crippen molar-refractivity contribution in [1.82, 2.24) is 4.31 Å². The highest BCUT2D eigenvalue weighted by atomic mass is 79.9. The van der Waals surface area contributed by atoms with Crippen LogP contribution in [-0.4, -0.2) is 30.6 Å². The molecule has 0 bridgehead atoms. The summed E-state index contributed by atoms with van der Waals surface area (Å²) >= 11 is 4.61. The van der Waals surface area contributed by atoms with Gasteiger partial charge in [-0.3, -0.25) is 0 Å². The lowest BCUT2D eigenvalue weighted by Gasteiger charge is -2.33. The van der Waals surface area contributed by atoms with Gasteiger partial charge in [-0.1, -0.05) is 28.9 Å². The van der Waals surface area contributed by atoms with Crippen LogP contribution >= 0.6 is 15.9 Å². The van der Waals surface area contributed by atoms with Crippen molar-refractivity contribution in [3.05, 3.63) is 18.2 Å². The van der Waals surface area contributed by atoms with E-state index in [-0.39, 0.29) is 9.72 Å². The zero-order valence-corrected chi connectivity index (χ0v) is 14.1. The minimum atomic E-state index is -3.51. The van der Waals surface area contributed by atoms with E-state index in [2.05, 4.69) is 31.6 Å². The minimum Gasteiger partial charge on any atom is -0.207 e. The van der Waals surface area contributed by atoms with E-state index in [1.54, 1.807) is 22.5 Å². The molecule has 2 heterocycles. The van der Waals surface area contributed by atoms with Crippen LogP contribution in [0.2, 0.25) is 0 Å². The number of rotatable bonds is 2. The van der Waals surface area contributed by atoms with Crippen LogP contribution in [0.25, 0.3) is 0 Å². The molecule has 1 fully saturated rings. The molecule has 0 N–H and O–H groups in total. The van der Waals surface area contributed by atoms with E-state index < -0.39 is 10.0 Å². The van der Waals surface area contributed by atoms with Gasteiger partial charge < -0.3 is 0 Å². The van der Waals surface area contributed by atoms with Crippen molar-refractivity contribution in [2.45, 2.75) is 23.1 Å². The highest BCUT2D eigenvalue weighted by Crippen LogP contribution is 2.39. The van der Waals surface area contributed by atoms with Gasteiger partial charge in [-0.2, -0.15) is 13.0 Å². The minimum absolute atomic E-state index is 0.193. The maximum Gasteiger partial charge on any atom is 0.245 e. The first-order valence-corrected chi connectivity index (χ1v) is 9.44. The van der Waals surface area contributed by atoms with Crippen LogP contribution in [0, 0.1) is 5.92 Å². The Labute approximate surface area is 130 Å². The molecule has 2 atom stereocenters. The summed E-state index contributed by atoms with van der Waals surface area (Å²) in [4.78, 5) is 0.455. The van der Waals surface area contributed by atoms with Crippen LogP contribution in [0.1, 0.15) is 13.3 Å². The van der Waals surface area contributed by atoms with Gasteiger partial charge >= 0.3 is 0 Å². The van der Waals surface area contributed by atoms with Crippen LogP contribution in [0.5, 0.6) is 0 Å². The number of hydrogen-bond donors (Lipinski definition) is 0. The quantitative estimate of drug-likeness (QED) is 0.756. The average molecular weight is 376 g/mol. The molecule has 3 rings (SSSR count). The van der Waals surface area contributed by atoms with Gasteiger partial charge in [0.1, 0.15) is 16.3 Å². The van der Waals surface area contributed by atoms with Crippen molar-refractivity contribution in [2.75, 3.05) is 13.1 Å². The van der Waals surface area contributed by atoms with Crippen molar-refractivity contribution in [2.24, 2.45) is 14.6 Å². The summed E-state index contributed by atoms with van der Waals surface area (Å²) < 4.78 is 35.4. The summed E-state index contributed by atoms with van der Waals surface area (Å²) in [6.45, 7) is 3.19. The number of fused-ring (bicyclic) bond motifs is 1. The number of halogens is 1. The molecule has 108 valence electrons. The molecule has 2 unspecified atom stereocenters. The topological polar surface area (TPSA) is 62.1 Å². The molecule has 0 aromatic heterocycles. The summed E-state index contributed by atoms with van der Waals surface area (Å²) in [5.41, 5.74) is 1.11. The normalized spacial score (nSPS) is 26.3. The average Bonchev–Trinajstić information content (AvgIpc) is 2.89. The molecule has 5 nitrogen and oxygen atoms in total. The molecule has 1 aromatic carbocycles. The van der Waals surface area contributed by atoms with Crippen molar-refractivity contribution in [3.63, 3.8) is 0 Å². The van der Waals surface area contributed by atoms with E-state index in [0.717, 1.165) is 17.8 Å². The lowest BCUT2D eigenvalue weighted by Crippen LogP contribution is -2.43. The lowest BCUT2D eigenvalue weighted by molar-refractivity contribution is 0.300. The molecule has 0 radical (unpaired) electrons. The molecule has 0 saturated carbocycles. The van der Waals surface area contributed by atoms with Gasteiger partial charge in [-0.25, -0.2) is 8.42 Å². The Morgan fingerprint density at radius 1 is 1.40 bits per heavy atom. The summed E-state index contributed by atoms with van der Waals surface area (Å²) in [6.07, 6.45) is 0.862. The van der Waals surface area contributed by atoms with Gasteiger partial charge in [0.15, 0.2) is 0 Å². The van der Waals surface area contributed by atoms with E-state index in [4.69, 9.17) is 0 Å². The third kappa shape index (κ3) is 2.38. The summed E-state index contributed by atoms with van der Waals surface area (Å²) in [7, 11) is -3.51. The Kier molecular flexibility index (Phi) is 3.83. The predicted molar refractivity (Wildman–Crippen MR) is 83.2 cm³/mol. The highest BCUT2D eigenvalue weighted by Gasteiger charge is 2.34. The van der Waals surface area contributed by atoms with Gasteiger partial charge in [0, 0.05) is 17.9 Å². The first kappa shape index (κ1) is 14.4. The predicted octanol–water partition coefficient (Wildman–Crippen LogP) is 3.21. The largest absolute Gasteiger partial charge is 0.245 e. The Balaban J connectivity index is 1.98. The van der Waals surface area contributed by atoms with E-state index in [1.807, 2.05) is 0 Å². The third-order valence-electron chi connectivity index (χ3n) is 3.70. The summed E-state index contributed by atoms with van der Waals surface area (Å²) in [5.74, 6) is 0.484. The molecule has 2 aliphatic heterocycles. The molecule has 2 aliphatic rings. The second kappa shape index (κ2) is 5.32. The molecule has 8 heteroatoms. The maximum atomic E-state index is 12.8. The summed E-state index contributed by atoms with van der Waals surface area (Å²) in [6, 6.07) is 5.11. The van der Waals surface area contributed by atoms with Crippen molar-refractivity contribution in [1.29, 1.82) is 0 Å². The second-order valence-electron chi connectivity index (χ2n) is 5.03. The molecule has 1 saturated heterocycles. The Bertz CT molecular complexity index is 713. The van der Waals surface area contributed by atoms with Gasteiger partial charge in [-0.15, -0.1) is 0 Å². The highest BCUT2D eigenvalue weighted by molar-refractivity contribution is 9.09. The first-order valence-electron chi connectivity index (χ1n) is 6.35. The third-order valence-corrected chi connectivity index (χ3v) is 7.33. The molecular weight excluding hydrogens is 362 g/mol. The maximum absolute atomic E-state index is 12.8. The smallest absolute Gasteiger partial charge is 0.207 e. The lowest BCUT2D eigenvalue weighted by atomic mass is 10.0. The van der Waals surface area contributed by atoms with Gasteiger partial charge in [-0.05, 0) is 24.5 Å². The molecule has 0 spiro atoms. The molecule has 1 aromatic rings. The number of hydrogen-bond acceptors (Lipinski definition) is 4. The molecular formula is C12H14BrN3O2S2. The number of nitrogens with zero attached hydrogens (tertiary/aromatic N) is 3. The number of sulfonamides is 1. The number of benzene rings is 1. The fourth-order valence-electron chi connectivity index (χ4n) is 2.34. The molecule has 20 heavy (non-hydrogen) atoms. The van der Waals surface area contributed by atoms with Crippen LogP contribution in [0.4, 0.5) is 11.4 Å². The molecule has 0 aliphatic carbocycles.